The van der Waals surface area contributed by atoms with E-state index < -0.39 is 20.6 Å². The van der Waals surface area contributed by atoms with Gasteiger partial charge in [0.1, 0.15) is 0 Å². The molecule has 0 radical (unpaired) electrons. The van der Waals surface area contributed by atoms with Crippen LogP contribution < -0.4 is 0 Å². The lowest BCUT2D eigenvalue weighted by atomic mass is 10.8. The third-order valence-corrected chi connectivity index (χ3v) is 1.46. The zero-order chi connectivity index (χ0) is 8.78. The third kappa shape index (κ3) is 15.7. The van der Waals surface area contributed by atoms with Crippen LogP contribution in [0.3, 0.4) is 0 Å². The maximum atomic E-state index is 9.73. The molecule has 0 fully saturated rings. The van der Waals surface area contributed by atoms with Crippen LogP contribution in [-0.2, 0) is 4.79 Å². The van der Waals surface area contributed by atoms with Crippen LogP contribution in [0.4, 0.5) is 0 Å². The summed E-state index contributed by atoms with van der Waals surface area (Å²) in [6, 6.07) is -0.507. The molecule has 0 spiro atoms. The van der Waals surface area contributed by atoms with Crippen molar-refractivity contribution in [3.63, 3.8) is 0 Å². The highest BCUT2D eigenvalue weighted by Crippen LogP contribution is 1.97. The molecule has 4 nitrogen and oxygen atoms in total. The lowest BCUT2D eigenvalue weighted by Gasteiger charge is -2.05. The standard InChI is InChI=1S/C3H8O4Si.C2H4/c1-8(6,7)2-3(4)5;1-2/h6-7H,2H2,1H3,(H,4,5);1-2H2. The number of carboxylic acid groups (broad SMARTS) is 1. The first-order valence-electron chi connectivity index (χ1n) is 2.58. The summed E-state index contributed by atoms with van der Waals surface area (Å²) in [4.78, 5) is 26.7. The maximum Gasteiger partial charge on any atom is 0.340 e. The van der Waals surface area contributed by atoms with Gasteiger partial charge in [-0.15, -0.1) is 13.2 Å². The SMILES string of the molecule is C=C.C[Si](O)(O)CC(=O)O. The zero-order valence-corrected chi connectivity index (χ0v) is 6.87. The van der Waals surface area contributed by atoms with Gasteiger partial charge >= 0.3 is 14.5 Å². The topological polar surface area (TPSA) is 77.8 Å². The van der Waals surface area contributed by atoms with Crippen LogP contribution in [0.1, 0.15) is 0 Å². The molecule has 0 aliphatic rings. The van der Waals surface area contributed by atoms with Crippen molar-refractivity contribution in [1.82, 2.24) is 0 Å². The summed E-state index contributed by atoms with van der Waals surface area (Å²) in [5, 5.41) is 7.96. The van der Waals surface area contributed by atoms with E-state index in [0.29, 0.717) is 0 Å². The van der Waals surface area contributed by atoms with Gasteiger partial charge in [0, 0.05) is 0 Å². The number of carbonyl (C=O) groups is 1. The molecule has 0 aromatic carbocycles. The van der Waals surface area contributed by atoms with Gasteiger partial charge in [0.2, 0.25) is 0 Å². The quantitative estimate of drug-likeness (QED) is 0.394. The average molecular weight is 164 g/mol. The van der Waals surface area contributed by atoms with E-state index in [4.69, 9.17) is 14.7 Å². The van der Waals surface area contributed by atoms with Crippen LogP contribution in [-0.4, -0.2) is 29.2 Å². The second-order valence-electron chi connectivity index (χ2n) is 1.79. The highest BCUT2D eigenvalue weighted by molar-refractivity contribution is 6.66. The Morgan fingerprint density at radius 3 is 1.80 bits per heavy atom. The fourth-order valence-corrected chi connectivity index (χ4v) is 0.859. The van der Waals surface area contributed by atoms with Crippen molar-refractivity contribution in [2.45, 2.75) is 12.6 Å². The molecule has 0 bridgehead atoms. The molecule has 0 saturated heterocycles. The average Bonchev–Trinajstić information content (AvgIpc) is 1.64. The second-order valence-corrected chi connectivity index (χ2v) is 4.58. The van der Waals surface area contributed by atoms with Gasteiger partial charge in [0.15, 0.2) is 0 Å². The van der Waals surface area contributed by atoms with Crippen LogP contribution in [0, 0.1) is 0 Å². The fourth-order valence-electron chi connectivity index (χ4n) is 0.286. The molecule has 0 unspecified atom stereocenters. The van der Waals surface area contributed by atoms with E-state index in [1.54, 1.807) is 0 Å². The summed E-state index contributed by atoms with van der Waals surface area (Å²) in [5.74, 6) is -1.16. The summed E-state index contributed by atoms with van der Waals surface area (Å²) in [7, 11) is -3.32. The molecule has 3 N–H and O–H groups in total. The first kappa shape index (κ1) is 12.1. The normalized spacial score (nSPS) is 9.50. The lowest BCUT2D eigenvalue weighted by molar-refractivity contribution is -0.134. The highest BCUT2D eigenvalue weighted by Gasteiger charge is 2.24. The van der Waals surface area contributed by atoms with Gasteiger partial charge in [0.25, 0.3) is 0 Å². The fraction of sp³-hybridized carbons (Fsp3) is 0.400. The molecular weight excluding hydrogens is 152 g/mol. The minimum atomic E-state index is -3.32. The van der Waals surface area contributed by atoms with Crippen molar-refractivity contribution in [2.75, 3.05) is 0 Å². The van der Waals surface area contributed by atoms with E-state index in [-0.39, 0.29) is 0 Å². The van der Waals surface area contributed by atoms with Crippen molar-refractivity contribution in [3.05, 3.63) is 13.2 Å². The largest absolute Gasteiger partial charge is 0.481 e. The Morgan fingerprint density at radius 1 is 1.50 bits per heavy atom. The molecule has 0 aliphatic heterocycles. The molecule has 0 aliphatic carbocycles. The summed E-state index contributed by atoms with van der Waals surface area (Å²) in [6.07, 6.45) is 0. The molecule has 60 valence electrons. The van der Waals surface area contributed by atoms with Crippen LogP contribution in [0.5, 0.6) is 0 Å². The van der Waals surface area contributed by atoms with E-state index in [1.165, 1.54) is 0 Å². The van der Waals surface area contributed by atoms with E-state index in [1.807, 2.05) is 0 Å². The molecule has 10 heavy (non-hydrogen) atoms. The van der Waals surface area contributed by atoms with E-state index in [2.05, 4.69) is 13.2 Å². The van der Waals surface area contributed by atoms with Crippen LogP contribution >= 0.6 is 0 Å². The van der Waals surface area contributed by atoms with Gasteiger partial charge in [-0.3, -0.25) is 4.79 Å². The minimum absolute atomic E-state index is 0.507. The number of carboxylic acids is 1. The second kappa shape index (κ2) is 5.16. The first-order valence-corrected chi connectivity index (χ1v) is 5.18. The van der Waals surface area contributed by atoms with Gasteiger partial charge in [-0.25, -0.2) is 0 Å². The maximum absolute atomic E-state index is 9.73. The van der Waals surface area contributed by atoms with Crippen molar-refractivity contribution in [3.8, 4) is 0 Å². The van der Waals surface area contributed by atoms with Crippen LogP contribution in [0.15, 0.2) is 13.2 Å². The molecule has 5 heteroatoms. The number of rotatable bonds is 2. The lowest BCUT2D eigenvalue weighted by Crippen LogP contribution is -2.32. The smallest absolute Gasteiger partial charge is 0.340 e. The Balaban J connectivity index is 0. The monoisotopic (exact) mass is 164 g/mol. The van der Waals surface area contributed by atoms with Crippen LogP contribution in [0.2, 0.25) is 12.6 Å². The first-order chi connectivity index (χ1) is 4.42. The molecule has 0 aromatic heterocycles. The predicted molar refractivity (Wildman–Crippen MR) is 39.8 cm³/mol. The Hall–Kier alpha value is -0.653. The van der Waals surface area contributed by atoms with Crippen molar-refractivity contribution < 1.29 is 19.5 Å². The van der Waals surface area contributed by atoms with Gasteiger partial charge in [-0.05, 0) is 6.55 Å². The van der Waals surface area contributed by atoms with Gasteiger partial charge in [-0.1, -0.05) is 0 Å². The minimum Gasteiger partial charge on any atom is -0.481 e. The Bertz CT molecular complexity index is 107. The van der Waals surface area contributed by atoms with Crippen molar-refractivity contribution in [1.29, 1.82) is 0 Å². The third-order valence-electron chi connectivity index (χ3n) is 0.486. The van der Waals surface area contributed by atoms with Crippen molar-refractivity contribution >= 4 is 14.5 Å². The molecule has 0 amide bonds. The van der Waals surface area contributed by atoms with Gasteiger partial charge in [-0.2, -0.15) is 0 Å². The summed E-state index contributed by atoms with van der Waals surface area (Å²) < 4.78 is 0. The molecule has 0 heterocycles. The highest BCUT2D eigenvalue weighted by atomic mass is 28.4. The van der Waals surface area contributed by atoms with Gasteiger partial charge < -0.3 is 14.7 Å². The molecular formula is C5H12O4Si. The number of hydrogen-bond donors (Lipinski definition) is 3. The van der Waals surface area contributed by atoms with Gasteiger partial charge in [0.05, 0.1) is 6.04 Å². The van der Waals surface area contributed by atoms with E-state index in [9.17, 15) is 4.79 Å². The molecule has 0 atom stereocenters. The Labute approximate surface area is 60.7 Å². The Kier molecular flexibility index (Phi) is 6.22. The van der Waals surface area contributed by atoms with Crippen molar-refractivity contribution in [2.24, 2.45) is 0 Å². The zero-order valence-electron chi connectivity index (χ0n) is 5.87. The number of hydrogen-bond acceptors (Lipinski definition) is 3. The van der Waals surface area contributed by atoms with Crippen LogP contribution in [0.25, 0.3) is 0 Å². The summed E-state index contributed by atoms with van der Waals surface area (Å²) in [5.41, 5.74) is 0. The van der Waals surface area contributed by atoms with E-state index >= 15 is 0 Å². The Morgan fingerprint density at radius 2 is 1.80 bits per heavy atom. The molecule has 0 aromatic rings. The predicted octanol–water partition coefficient (Wildman–Crippen LogP) is -0.0702. The summed E-state index contributed by atoms with van der Waals surface area (Å²) in [6.45, 7) is 7.15. The molecule has 0 saturated carbocycles. The molecule has 0 rings (SSSR count). The number of aliphatic carboxylic acids is 1. The summed E-state index contributed by atoms with van der Waals surface area (Å²) >= 11 is 0. The van der Waals surface area contributed by atoms with E-state index in [0.717, 1.165) is 6.55 Å².